The number of hydrogen-bond acceptors (Lipinski definition) is 3. The van der Waals surface area contributed by atoms with Gasteiger partial charge in [0, 0.05) is 18.3 Å². The van der Waals surface area contributed by atoms with Crippen LogP contribution in [0.5, 0.6) is 0 Å². The van der Waals surface area contributed by atoms with Gasteiger partial charge in [-0.2, -0.15) is 0 Å². The Morgan fingerprint density at radius 3 is 2.64 bits per heavy atom. The molecule has 0 radical (unpaired) electrons. The van der Waals surface area contributed by atoms with Crippen LogP contribution in [0.4, 0.5) is 0 Å². The first-order valence-corrected chi connectivity index (χ1v) is 5.07. The summed E-state index contributed by atoms with van der Waals surface area (Å²) in [5.41, 5.74) is 1.91. The molecular formula is C11H18N2O. The van der Waals surface area contributed by atoms with Gasteiger partial charge in [0.2, 0.25) is 0 Å². The van der Waals surface area contributed by atoms with E-state index in [1.165, 1.54) is 0 Å². The SMILES string of the molecule is CCN(CC)Cc1ncccc1CO. The summed E-state index contributed by atoms with van der Waals surface area (Å²) in [5, 5.41) is 9.12. The number of nitrogens with zero attached hydrogens (tertiary/aromatic N) is 2. The molecule has 0 aliphatic carbocycles. The van der Waals surface area contributed by atoms with Crippen molar-refractivity contribution in [2.24, 2.45) is 0 Å². The zero-order valence-electron chi connectivity index (χ0n) is 8.90. The van der Waals surface area contributed by atoms with Gasteiger partial charge in [0.15, 0.2) is 0 Å². The summed E-state index contributed by atoms with van der Waals surface area (Å²) in [7, 11) is 0. The molecule has 1 rings (SSSR count). The van der Waals surface area contributed by atoms with Gasteiger partial charge >= 0.3 is 0 Å². The van der Waals surface area contributed by atoms with E-state index >= 15 is 0 Å². The van der Waals surface area contributed by atoms with Gasteiger partial charge in [-0.3, -0.25) is 9.88 Å². The second kappa shape index (κ2) is 5.73. The standard InChI is InChI=1S/C11H18N2O/c1-3-13(4-2)8-11-10(9-14)6-5-7-12-11/h5-7,14H,3-4,8-9H2,1-2H3. The lowest BCUT2D eigenvalue weighted by Crippen LogP contribution is -2.23. The first-order valence-electron chi connectivity index (χ1n) is 5.07. The smallest absolute Gasteiger partial charge is 0.0700 e. The molecule has 0 bridgehead atoms. The van der Waals surface area contributed by atoms with Gasteiger partial charge in [-0.25, -0.2) is 0 Å². The van der Waals surface area contributed by atoms with Crippen molar-refractivity contribution >= 4 is 0 Å². The van der Waals surface area contributed by atoms with Crippen molar-refractivity contribution in [2.75, 3.05) is 13.1 Å². The largest absolute Gasteiger partial charge is 0.392 e. The van der Waals surface area contributed by atoms with E-state index in [0.717, 1.165) is 30.9 Å². The van der Waals surface area contributed by atoms with E-state index in [2.05, 4.69) is 23.7 Å². The van der Waals surface area contributed by atoms with Crippen LogP contribution in [0.25, 0.3) is 0 Å². The summed E-state index contributed by atoms with van der Waals surface area (Å²) in [6.45, 7) is 7.18. The van der Waals surface area contributed by atoms with Gasteiger partial charge < -0.3 is 5.11 Å². The number of aliphatic hydroxyl groups excluding tert-OH is 1. The maximum absolute atomic E-state index is 9.12. The molecule has 0 atom stereocenters. The molecular weight excluding hydrogens is 176 g/mol. The molecule has 0 aliphatic heterocycles. The highest BCUT2D eigenvalue weighted by Crippen LogP contribution is 2.08. The molecule has 3 heteroatoms. The fourth-order valence-corrected chi connectivity index (χ4v) is 1.42. The highest BCUT2D eigenvalue weighted by molar-refractivity contribution is 5.18. The molecule has 0 saturated carbocycles. The number of aliphatic hydroxyl groups is 1. The molecule has 3 nitrogen and oxygen atoms in total. The van der Waals surface area contributed by atoms with Gasteiger partial charge in [-0.1, -0.05) is 19.9 Å². The average molecular weight is 194 g/mol. The van der Waals surface area contributed by atoms with E-state index < -0.39 is 0 Å². The van der Waals surface area contributed by atoms with Gasteiger partial charge in [0.25, 0.3) is 0 Å². The summed E-state index contributed by atoms with van der Waals surface area (Å²) >= 11 is 0. The average Bonchev–Trinajstić information content (AvgIpc) is 2.26. The van der Waals surface area contributed by atoms with Crippen LogP contribution >= 0.6 is 0 Å². The fraction of sp³-hybridized carbons (Fsp3) is 0.545. The molecule has 1 aromatic heterocycles. The third-order valence-electron chi connectivity index (χ3n) is 2.42. The van der Waals surface area contributed by atoms with Crippen molar-refractivity contribution in [3.05, 3.63) is 29.6 Å². The lowest BCUT2D eigenvalue weighted by molar-refractivity contribution is 0.266. The first kappa shape index (κ1) is 11.1. The second-order valence-electron chi connectivity index (χ2n) is 3.23. The first-order chi connectivity index (χ1) is 6.81. The Labute approximate surface area is 85.4 Å². The lowest BCUT2D eigenvalue weighted by Gasteiger charge is -2.18. The predicted molar refractivity (Wildman–Crippen MR) is 56.8 cm³/mol. The predicted octanol–water partition coefficient (Wildman–Crippen LogP) is 1.42. The number of aromatic nitrogens is 1. The van der Waals surface area contributed by atoms with Crippen molar-refractivity contribution in [3.8, 4) is 0 Å². The molecule has 14 heavy (non-hydrogen) atoms. The molecule has 0 spiro atoms. The monoisotopic (exact) mass is 194 g/mol. The van der Waals surface area contributed by atoms with Gasteiger partial charge in [-0.05, 0) is 19.2 Å². The van der Waals surface area contributed by atoms with Crippen LogP contribution < -0.4 is 0 Å². The Morgan fingerprint density at radius 1 is 1.36 bits per heavy atom. The highest BCUT2D eigenvalue weighted by atomic mass is 16.3. The van der Waals surface area contributed by atoms with Gasteiger partial charge in [0.1, 0.15) is 0 Å². The maximum atomic E-state index is 9.12. The summed E-state index contributed by atoms with van der Waals surface area (Å²) < 4.78 is 0. The molecule has 78 valence electrons. The quantitative estimate of drug-likeness (QED) is 0.770. The minimum Gasteiger partial charge on any atom is -0.392 e. The molecule has 0 fully saturated rings. The zero-order valence-corrected chi connectivity index (χ0v) is 8.90. The maximum Gasteiger partial charge on any atom is 0.0700 e. The van der Waals surface area contributed by atoms with E-state index in [1.54, 1.807) is 6.20 Å². The van der Waals surface area contributed by atoms with Crippen molar-refractivity contribution in [3.63, 3.8) is 0 Å². The number of rotatable bonds is 5. The summed E-state index contributed by atoms with van der Waals surface area (Å²) in [6, 6.07) is 3.78. The van der Waals surface area contributed by atoms with E-state index in [1.807, 2.05) is 12.1 Å². The molecule has 0 amide bonds. The van der Waals surface area contributed by atoms with Crippen LogP contribution in [0.3, 0.4) is 0 Å². The van der Waals surface area contributed by atoms with Crippen molar-refractivity contribution in [1.29, 1.82) is 0 Å². The van der Waals surface area contributed by atoms with Crippen molar-refractivity contribution in [1.82, 2.24) is 9.88 Å². The zero-order chi connectivity index (χ0) is 10.4. The third kappa shape index (κ3) is 2.79. The molecule has 1 heterocycles. The molecule has 0 saturated heterocycles. The Bertz CT molecular complexity index is 272. The molecule has 0 aromatic carbocycles. The molecule has 0 aliphatic rings. The normalized spacial score (nSPS) is 10.9. The van der Waals surface area contributed by atoms with E-state index in [4.69, 9.17) is 5.11 Å². The molecule has 1 aromatic rings. The highest BCUT2D eigenvalue weighted by Gasteiger charge is 2.05. The van der Waals surface area contributed by atoms with Crippen molar-refractivity contribution in [2.45, 2.75) is 27.0 Å². The summed E-state index contributed by atoms with van der Waals surface area (Å²) in [6.07, 6.45) is 1.78. The molecule has 1 N–H and O–H groups in total. The van der Waals surface area contributed by atoms with E-state index in [-0.39, 0.29) is 6.61 Å². The minimum absolute atomic E-state index is 0.0739. The number of pyridine rings is 1. The Morgan fingerprint density at radius 2 is 2.07 bits per heavy atom. The van der Waals surface area contributed by atoms with Crippen LogP contribution in [0, 0.1) is 0 Å². The Balaban J connectivity index is 2.74. The van der Waals surface area contributed by atoms with Crippen molar-refractivity contribution < 1.29 is 5.11 Å². The van der Waals surface area contributed by atoms with Gasteiger partial charge in [-0.15, -0.1) is 0 Å². The Hall–Kier alpha value is -0.930. The fourth-order valence-electron chi connectivity index (χ4n) is 1.42. The summed E-state index contributed by atoms with van der Waals surface area (Å²) in [5.74, 6) is 0. The minimum atomic E-state index is 0.0739. The van der Waals surface area contributed by atoms with Gasteiger partial charge in [0.05, 0.1) is 12.3 Å². The second-order valence-corrected chi connectivity index (χ2v) is 3.23. The van der Waals surface area contributed by atoms with Crippen LogP contribution in [-0.2, 0) is 13.2 Å². The summed E-state index contributed by atoms with van der Waals surface area (Å²) in [4.78, 5) is 6.56. The van der Waals surface area contributed by atoms with Crippen LogP contribution in [-0.4, -0.2) is 28.1 Å². The topological polar surface area (TPSA) is 36.4 Å². The van der Waals surface area contributed by atoms with E-state index in [0.29, 0.717) is 0 Å². The van der Waals surface area contributed by atoms with Crippen LogP contribution in [0.15, 0.2) is 18.3 Å². The number of hydrogen-bond donors (Lipinski definition) is 1. The molecule has 0 unspecified atom stereocenters. The van der Waals surface area contributed by atoms with E-state index in [9.17, 15) is 0 Å². The van der Waals surface area contributed by atoms with Crippen LogP contribution in [0.1, 0.15) is 25.1 Å². The Kier molecular flexibility index (Phi) is 4.56. The third-order valence-corrected chi connectivity index (χ3v) is 2.42. The van der Waals surface area contributed by atoms with Crippen LogP contribution in [0.2, 0.25) is 0 Å². The lowest BCUT2D eigenvalue weighted by atomic mass is 10.2.